The van der Waals surface area contributed by atoms with E-state index in [-0.39, 0.29) is 18.7 Å². The Kier molecular flexibility index (Phi) is 5.43. The minimum Gasteiger partial charge on any atom is -0.491 e. The molecule has 5 nitrogen and oxygen atoms in total. The SMILES string of the molecule is O=c1c2cc(-c3ccccc3)sc2ncn1CC(O)COc1ccc(Cl)cc1. The molecule has 0 spiro atoms. The first-order valence-corrected chi connectivity index (χ1v) is 9.90. The number of aromatic nitrogens is 2. The summed E-state index contributed by atoms with van der Waals surface area (Å²) in [5.41, 5.74) is 0.877. The molecule has 2 heterocycles. The zero-order chi connectivity index (χ0) is 19.5. The Morgan fingerprint density at radius 2 is 1.89 bits per heavy atom. The first-order chi connectivity index (χ1) is 13.6. The van der Waals surface area contributed by atoms with Crippen LogP contribution < -0.4 is 10.3 Å². The Morgan fingerprint density at radius 1 is 1.14 bits per heavy atom. The lowest BCUT2D eigenvalue weighted by Gasteiger charge is -2.13. The first kappa shape index (κ1) is 18.7. The van der Waals surface area contributed by atoms with Crippen LogP contribution in [0.5, 0.6) is 5.75 Å². The summed E-state index contributed by atoms with van der Waals surface area (Å²) in [7, 11) is 0. The number of thiophene rings is 1. The van der Waals surface area contributed by atoms with Crippen LogP contribution in [0.3, 0.4) is 0 Å². The summed E-state index contributed by atoms with van der Waals surface area (Å²) in [6, 6.07) is 18.6. The van der Waals surface area contributed by atoms with Gasteiger partial charge < -0.3 is 9.84 Å². The van der Waals surface area contributed by atoms with Crippen molar-refractivity contribution in [2.24, 2.45) is 0 Å². The van der Waals surface area contributed by atoms with Crippen molar-refractivity contribution in [1.82, 2.24) is 9.55 Å². The summed E-state index contributed by atoms with van der Waals surface area (Å²) in [4.78, 5) is 18.8. The van der Waals surface area contributed by atoms with Crippen molar-refractivity contribution in [2.45, 2.75) is 12.6 Å². The second-order valence-corrected chi connectivity index (χ2v) is 7.78. The lowest BCUT2D eigenvalue weighted by molar-refractivity contribution is 0.0915. The molecule has 1 unspecified atom stereocenters. The number of benzene rings is 2. The Morgan fingerprint density at radius 3 is 2.64 bits per heavy atom. The average molecular weight is 413 g/mol. The van der Waals surface area contributed by atoms with Gasteiger partial charge in [-0.1, -0.05) is 41.9 Å². The minimum absolute atomic E-state index is 0.0605. The van der Waals surface area contributed by atoms with E-state index in [1.165, 1.54) is 22.2 Å². The van der Waals surface area contributed by atoms with Crippen LogP contribution in [0.25, 0.3) is 20.7 Å². The van der Waals surface area contributed by atoms with E-state index in [4.69, 9.17) is 16.3 Å². The monoisotopic (exact) mass is 412 g/mol. The summed E-state index contributed by atoms with van der Waals surface area (Å²) in [5, 5.41) is 11.4. The molecule has 7 heteroatoms. The van der Waals surface area contributed by atoms with E-state index < -0.39 is 6.10 Å². The molecule has 2 aromatic carbocycles. The van der Waals surface area contributed by atoms with Gasteiger partial charge in [0.25, 0.3) is 5.56 Å². The molecule has 0 amide bonds. The van der Waals surface area contributed by atoms with Crippen molar-refractivity contribution in [3.63, 3.8) is 0 Å². The van der Waals surface area contributed by atoms with Gasteiger partial charge in [-0.15, -0.1) is 11.3 Å². The zero-order valence-corrected chi connectivity index (χ0v) is 16.4. The number of rotatable bonds is 6. The van der Waals surface area contributed by atoms with Gasteiger partial charge >= 0.3 is 0 Å². The fourth-order valence-corrected chi connectivity index (χ4v) is 3.96. The Hall–Kier alpha value is -2.67. The Balaban J connectivity index is 1.50. The van der Waals surface area contributed by atoms with Gasteiger partial charge in [0, 0.05) is 9.90 Å². The van der Waals surface area contributed by atoms with Gasteiger partial charge in [0.05, 0.1) is 18.3 Å². The molecule has 0 saturated carbocycles. The normalized spacial score (nSPS) is 12.2. The van der Waals surface area contributed by atoms with Gasteiger partial charge in [0.15, 0.2) is 0 Å². The number of ether oxygens (including phenoxy) is 1. The van der Waals surface area contributed by atoms with Gasteiger partial charge in [-0.3, -0.25) is 9.36 Å². The molecule has 1 atom stereocenters. The third-order valence-corrected chi connectivity index (χ3v) is 5.58. The van der Waals surface area contributed by atoms with E-state index in [0.717, 1.165) is 10.4 Å². The standard InChI is InChI=1S/C21H17ClN2O3S/c22-15-6-8-17(9-7-15)27-12-16(25)11-24-13-23-20-18(21(24)26)10-19(28-20)14-4-2-1-3-5-14/h1-10,13,16,25H,11-12H2. The fourth-order valence-electron chi connectivity index (χ4n) is 2.84. The first-order valence-electron chi connectivity index (χ1n) is 8.71. The van der Waals surface area contributed by atoms with E-state index in [9.17, 15) is 9.90 Å². The predicted molar refractivity (Wildman–Crippen MR) is 112 cm³/mol. The molecule has 0 fully saturated rings. The van der Waals surface area contributed by atoms with Crippen molar-refractivity contribution in [3.05, 3.63) is 82.4 Å². The van der Waals surface area contributed by atoms with E-state index in [0.29, 0.717) is 21.0 Å². The van der Waals surface area contributed by atoms with Crippen LogP contribution in [0.15, 0.2) is 71.8 Å². The maximum atomic E-state index is 12.8. The summed E-state index contributed by atoms with van der Waals surface area (Å²) >= 11 is 7.32. The quantitative estimate of drug-likeness (QED) is 0.515. The van der Waals surface area contributed by atoms with Crippen LogP contribution in [0.1, 0.15) is 0 Å². The molecule has 4 aromatic rings. The summed E-state index contributed by atoms with van der Waals surface area (Å²) in [6.07, 6.45) is 0.626. The van der Waals surface area contributed by atoms with Crippen molar-refractivity contribution in [2.75, 3.05) is 6.61 Å². The topological polar surface area (TPSA) is 64.4 Å². The third-order valence-electron chi connectivity index (χ3n) is 4.24. The van der Waals surface area contributed by atoms with Gasteiger partial charge in [0.2, 0.25) is 0 Å². The van der Waals surface area contributed by atoms with Crippen LogP contribution in [-0.2, 0) is 6.54 Å². The van der Waals surface area contributed by atoms with E-state index in [2.05, 4.69) is 4.98 Å². The molecule has 1 N–H and O–H groups in total. The fraction of sp³-hybridized carbons (Fsp3) is 0.143. The molecule has 0 aliphatic carbocycles. The van der Waals surface area contributed by atoms with Gasteiger partial charge in [0.1, 0.15) is 23.3 Å². The Labute approximate surface area is 170 Å². The molecular weight excluding hydrogens is 396 g/mol. The third kappa shape index (κ3) is 4.09. The molecule has 142 valence electrons. The van der Waals surface area contributed by atoms with E-state index >= 15 is 0 Å². The number of aliphatic hydroxyl groups excluding tert-OH is 1. The molecule has 0 aliphatic rings. The number of halogens is 1. The number of fused-ring (bicyclic) bond motifs is 1. The smallest absolute Gasteiger partial charge is 0.262 e. The second kappa shape index (κ2) is 8.14. The number of aliphatic hydroxyl groups is 1. The highest BCUT2D eigenvalue weighted by molar-refractivity contribution is 7.21. The van der Waals surface area contributed by atoms with Crippen molar-refractivity contribution >= 4 is 33.2 Å². The lowest BCUT2D eigenvalue weighted by Crippen LogP contribution is -2.30. The Bertz CT molecular complexity index is 1140. The highest BCUT2D eigenvalue weighted by Crippen LogP contribution is 2.30. The molecule has 2 aromatic heterocycles. The van der Waals surface area contributed by atoms with Crippen LogP contribution in [-0.4, -0.2) is 27.4 Å². The number of hydrogen-bond donors (Lipinski definition) is 1. The molecule has 28 heavy (non-hydrogen) atoms. The predicted octanol–water partition coefficient (Wildman–Crippen LogP) is 4.22. The summed E-state index contributed by atoms with van der Waals surface area (Å²) < 4.78 is 6.96. The molecular formula is C21H17ClN2O3S. The van der Waals surface area contributed by atoms with Crippen molar-refractivity contribution < 1.29 is 9.84 Å². The lowest BCUT2D eigenvalue weighted by atomic mass is 10.2. The minimum atomic E-state index is -0.847. The van der Waals surface area contributed by atoms with Crippen LogP contribution in [0.2, 0.25) is 5.02 Å². The highest BCUT2D eigenvalue weighted by Gasteiger charge is 2.13. The summed E-state index contributed by atoms with van der Waals surface area (Å²) in [5.74, 6) is 0.606. The maximum Gasteiger partial charge on any atom is 0.262 e. The van der Waals surface area contributed by atoms with E-state index in [1.54, 1.807) is 24.3 Å². The largest absolute Gasteiger partial charge is 0.491 e. The van der Waals surface area contributed by atoms with Gasteiger partial charge in [-0.2, -0.15) is 0 Å². The second-order valence-electron chi connectivity index (χ2n) is 6.32. The van der Waals surface area contributed by atoms with Crippen LogP contribution in [0, 0.1) is 0 Å². The molecule has 4 rings (SSSR count). The van der Waals surface area contributed by atoms with E-state index in [1.807, 2.05) is 36.4 Å². The van der Waals surface area contributed by atoms with Crippen molar-refractivity contribution in [1.29, 1.82) is 0 Å². The molecule has 0 aliphatic heterocycles. The van der Waals surface area contributed by atoms with Crippen LogP contribution >= 0.6 is 22.9 Å². The number of hydrogen-bond acceptors (Lipinski definition) is 5. The average Bonchev–Trinajstić information content (AvgIpc) is 3.16. The summed E-state index contributed by atoms with van der Waals surface area (Å²) in [6.45, 7) is 0.164. The van der Waals surface area contributed by atoms with Gasteiger partial charge in [-0.25, -0.2) is 4.98 Å². The highest BCUT2D eigenvalue weighted by atomic mass is 35.5. The molecule has 0 saturated heterocycles. The zero-order valence-electron chi connectivity index (χ0n) is 14.8. The van der Waals surface area contributed by atoms with Crippen LogP contribution in [0.4, 0.5) is 0 Å². The number of nitrogens with zero attached hydrogens (tertiary/aromatic N) is 2. The maximum absolute atomic E-state index is 12.8. The molecule has 0 radical (unpaired) electrons. The van der Waals surface area contributed by atoms with Gasteiger partial charge in [-0.05, 0) is 35.9 Å². The molecule has 0 bridgehead atoms. The van der Waals surface area contributed by atoms with Crippen molar-refractivity contribution in [3.8, 4) is 16.2 Å².